The van der Waals surface area contributed by atoms with Crippen molar-refractivity contribution >= 4 is 17.7 Å². The van der Waals surface area contributed by atoms with E-state index in [9.17, 15) is 18.0 Å². The number of amides is 1. The van der Waals surface area contributed by atoms with Gasteiger partial charge >= 0.3 is 6.18 Å². The molecule has 0 saturated carbocycles. The fourth-order valence-electron chi connectivity index (χ4n) is 2.06. The van der Waals surface area contributed by atoms with Crippen LogP contribution in [-0.4, -0.2) is 23.2 Å². The second-order valence-corrected chi connectivity index (χ2v) is 6.17. The second-order valence-electron chi connectivity index (χ2n) is 5.07. The predicted octanol–water partition coefficient (Wildman–Crippen LogP) is 4.15. The zero-order chi connectivity index (χ0) is 17.4. The van der Waals surface area contributed by atoms with E-state index in [-0.39, 0.29) is 0 Å². The predicted molar refractivity (Wildman–Crippen MR) is 88.8 cm³/mol. The Kier molecular flexibility index (Phi) is 6.66. The molecule has 1 amide bonds. The molecule has 0 bridgehead atoms. The fraction of sp³-hybridized carbons (Fsp3) is 0.294. The number of carbonyl (C=O) groups is 1. The van der Waals surface area contributed by atoms with Crippen molar-refractivity contribution in [2.24, 2.45) is 0 Å². The number of carbonyl (C=O) groups excluding carboxylic acids is 1. The first-order valence-corrected chi connectivity index (χ1v) is 8.55. The van der Waals surface area contributed by atoms with Crippen LogP contribution in [0.4, 0.5) is 13.2 Å². The van der Waals surface area contributed by atoms with Crippen LogP contribution in [0.25, 0.3) is 0 Å². The summed E-state index contributed by atoms with van der Waals surface area (Å²) in [5.41, 5.74) is -0.188. The summed E-state index contributed by atoms with van der Waals surface area (Å²) >= 11 is 1.72. The van der Waals surface area contributed by atoms with E-state index in [1.54, 1.807) is 11.8 Å². The van der Waals surface area contributed by atoms with Gasteiger partial charge in [0.25, 0.3) is 5.91 Å². The van der Waals surface area contributed by atoms with Crippen molar-refractivity contribution in [3.05, 3.63) is 65.5 Å². The molecule has 0 unspecified atom stereocenters. The van der Waals surface area contributed by atoms with Gasteiger partial charge in [0.1, 0.15) is 0 Å². The molecule has 1 heterocycles. The number of halogens is 3. The molecule has 0 aliphatic heterocycles. The largest absolute Gasteiger partial charge is 0.417 e. The molecule has 0 fully saturated rings. The van der Waals surface area contributed by atoms with Gasteiger partial charge in [0.2, 0.25) is 0 Å². The molecule has 0 aliphatic rings. The highest BCUT2D eigenvalue weighted by Gasteiger charge is 2.35. The molecular formula is C17H17F3N2OS. The smallest absolute Gasteiger partial charge is 0.352 e. The maximum atomic E-state index is 12.8. The van der Waals surface area contributed by atoms with Crippen LogP contribution < -0.4 is 5.32 Å². The zero-order valence-corrected chi connectivity index (χ0v) is 13.7. The third-order valence-electron chi connectivity index (χ3n) is 3.23. The first kappa shape index (κ1) is 18.3. The number of benzene rings is 1. The average molecular weight is 354 g/mol. The molecule has 1 aromatic heterocycles. The van der Waals surface area contributed by atoms with E-state index in [2.05, 4.69) is 10.3 Å². The molecule has 0 aliphatic carbocycles. The summed E-state index contributed by atoms with van der Waals surface area (Å²) < 4.78 is 38.5. The van der Waals surface area contributed by atoms with Gasteiger partial charge in [0, 0.05) is 24.7 Å². The summed E-state index contributed by atoms with van der Waals surface area (Å²) in [5, 5.41) is 2.52. The van der Waals surface area contributed by atoms with Gasteiger partial charge in [0.05, 0.1) is 11.1 Å². The third kappa shape index (κ3) is 5.56. The average Bonchev–Trinajstić information content (AvgIpc) is 2.58. The Morgan fingerprint density at radius 2 is 1.92 bits per heavy atom. The summed E-state index contributed by atoms with van der Waals surface area (Å²) in [6.07, 6.45) is -1.91. The lowest BCUT2D eigenvalue weighted by Crippen LogP contribution is -2.27. The summed E-state index contributed by atoms with van der Waals surface area (Å²) in [5.74, 6) is 0.938. The van der Waals surface area contributed by atoms with E-state index in [4.69, 9.17) is 0 Å². The Labute approximate surface area is 142 Å². The quantitative estimate of drug-likeness (QED) is 0.760. The highest BCUT2D eigenvalue weighted by Crippen LogP contribution is 2.31. The van der Waals surface area contributed by atoms with Crippen molar-refractivity contribution in [1.82, 2.24) is 10.3 Å². The number of aromatic nitrogens is 1. The highest BCUT2D eigenvalue weighted by atomic mass is 32.2. The first-order valence-electron chi connectivity index (χ1n) is 7.39. The number of pyridine rings is 1. The minimum atomic E-state index is -4.57. The maximum absolute atomic E-state index is 12.8. The Morgan fingerprint density at radius 3 is 2.62 bits per heavy atom. The topological polar surface area (TPSA) is 42.0 Å². The molecule has 2 rings (SSSR count). The molecule has 0 spiro atoms. The summed E-state index contributed by atoms with van der Waals surface area (Å²) in [6.45, 7) is 0.326. The monoisotopic (exact) mass is 354 g/mol. The van der Waals surface area contributed by atoms with Gasteiger partial charge in [-0.3, -0.25) is 9.78 Å². The Balaban J connectivity index is 1.74. The van der Waals surface area contributed by atoms with Gasteiger partial charge in [-0.05, 0) is 23.8 Å². The lowest BCUT2D eigenvalue weighted by Gasteiger charge is -2.12. The third-order valence-corrected chi connectivity index (χ3v) is 4.35. The highest BCUT2D eigenvalue weighted by molar-refractivity contribution is 7.98. The van der Waals surface area contributed by atoms with Crippen molar-refractivity contribution in [3.8, 4) is 0 Å². The van der Waals surface area contributed by atoms with Gasteiger partial charge in [-0.25, -0.2) is 0 Å². The van der Waals surface area contributed by atoms with Crippen LogP contribution >= 0.6 is 11.8 Å². The second kappa shape index (κ2) is 8.73. The van der Waals surface area contributed by atoms with Crippen molar-refractivity contribution in [2.75, 3.05) is 12.3 Å². The number of thioether (sulfide) groups is 1. The van der Waals surface area contributed by atoms with Crippen molar-refractivity contribution < 1.29 is 18.0 Å². The Hall–Kier alpha value is -2.02. The molecule has 2 aromatic rings. The summed E-state index contributed by atoms with van der Waals surface area (Å²) in [4.78, 5) is 15.5. The SMILES string of the molecule is O=C(NCCCSCc1ccccc1)c1cnccc1C(F)(F)F. The minimum Gasteiger partial charge on any atom is -0.352 e. The van der Waals surface area contributed by atoms with Gasteiger partial charge < -0.3 is 5.32 Å². The Morgan fingerprint density at radius 1 is 1.17 bits per heavy atom. The number of hydrogen-bond acceptors (Lipinski definition) is 3. The normalized spacial score (nSPS) is 11.3. The van der Waals surface area contributed by atoms with E-state index in [0.717, 1.165) is 30.0 Å². The van der Waals surface area contributed by atoms with Crippen LogP contribution in [-0.2, 0) is 11.9 Å². The zero-order valence-electron chi connectivity index (χ0n) is 12.8. The van der Waals surface area contributed by atoms with Crippen LogP contribution in [0.2, 0.25) is 0 Å². The molecular weight excluding hydrogens is 337 g/mol. The van der Waals surface area contributed by atoms with Gasteiger partial charge in [0.15, 0.2) is 0 Å². The van der Waals surface area contributed by atoms with E-state index in [1.165, 1.54) is 5.56 Å². The molecule has 24 heavy (non-hydrogen) atoms. The molecule has 7 heteroatoms. The molecule has 0 radical (unpaired) electrons. The van der Waals surface area contributed by atoms with Crippen molar-refractivity contribution in [3.63, 3.8) is 0 Å². The number of nitrogens with one attached hydrogen (secondary N) is 1. The lowest BCUT2D eigenvalue weighted by atomic mass is 10.1. The van der Waals surface area contributed by atoms with Gasteiger partial charge in [-0.2, -0.15) is 24.9 Å². The Bertz CT molecular complexity index is 662. The van der Waals surface area contributed by atoms with Crippen LogP contribution in [0.1, 0.15) is 27.9 Å². The molecule has 0 atom stereocenters. The standard InChI is InChI=1S/C17H17F3N2OS/c18-17(19,20)15-7-9-21-11-14(15)16(23)22-8-4-10-24-12-13-5-2-1-3-6-13/h1-3,5-7,9,11H,4,8,10,12H2,(H,22,23). The summed E-state index contributed by atoms with van der Waals surface area (Å²) in [7, 11) is 0. The fourth-order valence-corrected chi connectivity index (χ4v) is 2.98. The van der Waals surface area contributed by atoms with Crippen LogP contribution in [0.3, 0.4) is 0 Å². The molecule has 128 valence electrons. The van der Waals surface area contributed by atoms with E-state index >= 15 is 0 Å². The lowest BCUT2D eigenvalue weighted by molar-refractivity contribution is -0.138. The van der Waals surface area contributed by atoms with Crippen LogP contribution in [0.5, 0.6) is 0 Å². The minimum absolute atomic E-state index is 0.326. The van der Waals surface area contributed by atoms with Crippen LogP contribution in [0.15, 0.2) is 48.8 Å². The van der Waals surface area contributed by atoms with Crippen molar-refractivity contribution in [2.45, 2.75) is 18.3 Å². The van der Waals surface area contributed by atoms with Gasteiger partial charge in [-0.1, -0.05) is 30.3 Å². The molecule has 1 N–H and O–H groups in total. The summed E-state index contributed by atoms with van der Waals surface area (Å²) in [6, 6.07) is 10.8. The number of alkyl halides is 3. The van der Waals surface area contributed by atoms with Crippen LogP contribution in [0, 0.1) is 0 Å². The van der Waals surface area contributed by atoms with E-state index < -0.39 is 23.2 Å². The molecule has 3 nitrogen and oxygen atoms in total. The first-order chi connectivity index (χ1) is 11.5. The number of nitrogens with zero attached hydrogens (tertiary/aromatic N) is 1. The maximum Gasteiger partial charge on any atom is 0.417 e. The molecule has 1 aromatic carbocycles. The van der Waals surface area contributed by atoms with Gasteiger partial charge in [-0.15, -0.1) is 0 Å². The number of hydrogen-bond donors (Lipinski definition) is 1. The van der Waals surface area contributed by atoms with E-state index in [0.29, 0.717) is 13.0 Å². The molecule has 0 saturated heterocycles. The number of rotatable bonds is 7. The van der Waals surface area contributed by atoms with E-state index in [1.807, 2.05) is 30.3 Å². The van der Waals surface area contributed by atoms with Crippen molar-refractivity contribution in [1.29, 1.82) is 0 Å².